The summed E-state index contributed by atoms with van der Waals surface area (Å²) >= 11 is 0. The molecule has 0 radical (unpaired) electrons. The molecule has 9 heteroatoms. The molecule has 0 unspecified atom stereocenters. The fourth-order valence-electron chi connectivity index (χ4n) is 2.27. The van der Waals surface area contributed by atoms with Crippen LogP contribution in [0.5, 0.6) is 11.5 Å². The van der Waals surface area contributed by atoms with E-state index in [0.29, 0.717) is 5.75 Å². The van der Waals surface area contributed by atoms with E-state index < -0.39 is 15.6 Å². The SMILES string of the molecule is O=C(C=Cc1cc2c(cc1[N+](=O)[O-])OCO2)c1cccc([N+](=O)[O-])c1. The van der Waals surface area contributed by atoms with Crippen molar-refractivity contribution in [2.75, 3.05) is 6.79 Å². The quantitative estimate of drug-likeness (QED) is 0.354. The number of allylic oxidation sites excluding steroid dienone is 1. The first-order valence-electron chi connectivity index (χ1n) is 7.00. The van der Waals surface area contributed by atoms with Crippen LogP contribution >= 0.6 is 0 Å². The maximum atomic E-state index is 12.2. The summed E-state index contributed by atoms with van der Waals surface area (Å²) in [5.74, 6) is 0.0811. The summed E-state index contributed by atoms with van der Waals surface area (Å²) in [6.07, 6.45) is 2.38. The molecule has 0 saturated carbocycles. The number of benzene rings is 2. The Labute approximate surface area is 140 Å². The van der Waals surface area contributed by atoms with Gasteiger partial charge in [0.15, 0.2) is 17.3 Å². The number of rotatable bonds is 5. The van der Waals surface area contributed by atoms with Gasteiger partial charge in [-0.3, -0.25) is 25.0 Å². The van der Waals surface area contributed by atoms with Crippen LogP contribution in [-0.2, 0) is 0 Å². The summed E-state index contributed by atoms with van der Waals surface area (Å²) in [5.41, 5.74) is -0.192. The van der Waals surface area contributed by atoms with Gasteiger partial charge in [0.05, 0.1) is 21.5 Å². The Bertz CT molecular complexity index is 921. The lowest BCUT2D eigenvalue weighted by atomic mass is 10.1. The first-order valence-corrected chi connectivity index (χ1v) is 7.00. The van der Waals surface area contributed by atoms with Gasteiger partial charge in [-0.25, -0.2) is 0 Å². The van der Waals surface area contributed by atoms with E-state index in [9.17, 15) is 25.0 Å². The zero-order chi connectivity index (χ0) is 18.0. The number of nitro groups is 2. The summed E-state index contributed by atoms with van der Waals surface area (Å²) in [6, 6.07) is 7.84. The lowest BCUT2D eigenvalue weighted by Crippen LogP contribution is -1.97. The molecule has 1 heterocycles. The summed E-state index contributed by atoms with van der Waals surface area (Å²) < 4.78 is 10.3. The van der Waals surface area contributed by atoms with Gasteiger partial charge in [-0.05, 0) is 18.2 Å². The highest BCUT2D eigenvalue weighted by Gasteiger charge is 2.22. The van der Waals surface area contributed by atoms with Gasteiger partial charge in [0.2, 0.25) is 6.79 Å². The molecule has 2 aromatic carbocycles. The second kappa shape index (κ2) is 6.40. The number of nitrogens with zero attached hydrogens (tertiary/aromatic N) is 2. The van der Waals surface area contributed by atoms with E-state index in [2.05, 4.69) is 0 Å². The minimum Gasteiger partial charge on any atom is -0.454 e. The van der Waals surface area contributed by atoms with Crippen molar-refractivity contribution in [3.05, 3.63) is 73.8 Å². The number of hydrogen-bond acceptors (Lipinski definition) is 7. The molecule has 9 nitrogen and oxygen atoms in total. The summed E-state index contributed by atoms with van der Waals surface area (Å²) in [7, 11) is 0. The van der Waals surface area contributed by atoms with Crippen molar-refractivity contribution in [3.8, 4) is 11.5 Å². The third-order valence-corrected chi connectivity index (χ3v) is 3.47. The van der Waals surface area contributed by atoms with Gasteiger partial charge < -0.3 is 9.47 Å². The Morgan fingerprint density at radius 1 is 1.04 bits per heavy atom. The minimum absolute atomic E-state index is 0.0354. The zero-order valence-electron chi connectivity index (χ0n) is 12.6. The lowest BCUT2D eigenvalue weighted by Gasteiger charge is -2.01. The molecule has 0 amide bonds. The van der Waals surface area contributed by atoms with E-state index in [1.165, 1.54) is 36.4 Å². The van der Waals surface area contributed by atoms with Crippen LogP contribution in [0.25, 0.3) is 6.08 Å². The van der Waals surface area contributed by atoms with Crippen LogP contribution in [0, 0.1) is 20.2 Å². The van der Waals surface area contributed by atoms with Gasteiger partial charge in [-0.2, -0.15) is 0 Å². The number of fused-ring (bicyclic) bond motifs is 1. The second-order valence-electron chi connectivity index (χ2n) is 5.03. The van der Waals surface area contributed by atoms with Crippen LogP contribution < -0.4 is 9.47 Å². The Hall–Kier alpha value is -3.75. The maximum absolute atomic E-state index is 12.2. The molecule has 0 aromatic heterocycles. The Morgan fingerprint density at radius 3 is 2.44 bits per heavy atom. The van der Waals surface area contributed by atoms with Gasteiger partial charge >= 0.3 is 0 Å². The molecule has 3 rings (SSSR count). The van der Waals surface area contributed by atoms with Gasteiger partial charge in [0.1, 0.15) is 0 Å². The monoisotopic (exact) mass is 342 g/mol. The smallest absolute Gasteiger partial charge is 0.280 e. The predicted octanol–water partition coefficient (Wildman–Crippen LogP) is 3.13. The molecule has 0 aliphatic carbocycles. The topological polar surface area (TPSA) is 122 Å². The molecule has 126 valence electrons. The van der Waals surface area contributed by atoms with Gasteiger partial charge in [-0.15, -0.1) is 0 Å². The van der Waals surface area contributed by atoms with Crippen LogP contribution in [0.1, 0.15) is 15.9 Å². The maximum Gasteiger partial charge on any atom is 0.280 e. The molecule has 0 fully saturated rings. The second-order valence-corrected chi connectivity index (χ2v) is 5.03. The first-order chi connectivity index (χ1) is 12.0. The van der Waals surface area contributed by atoms with Crippen molar-refractivity contribution < 1.29 is 24.1 Å². The number of ether oxygens (including phenoxy) is 2. The van der Waals surface area contributed by atoms with Crippen molar-refractivity contribution in [1.82, 2.24) is 0 Å². The van der Waals surface area contributed by atoms with Crippen molar-refractivity contribution in [2.45, 2.75) is 0 Å². The molecule has 0 saturated heterocycles. The molecular formula is C16H10N2O7. The van der Waals surface area contributed by atoms with Crippen LogP contribution in [0.4, 0.5) is 11.4 Å². The number of carbonyl (C=O) groups excluding carboxylic acids is 1. The highest BCUT2D eigenvalue weighted by Crippen LogP contribution is 2.38. The standard InChI is InChI=1S/C16H10N2O7/c19-14(11-2-1-3-12(6-11)17(20)21)5-4-10-7-15-16(25-9-24-15)8-13(10)18(22)23/h1-8H,9H2. The van der Waals surface area contributed by atoms with Gasteiger partial charge in [0, 0.05) is 17.7 Å². The molecule has 0 spiro atoms. The highest BCUT2D eigenvalue weighted by molar-refractivity contribution is 6.07. The van der Waals surface area contributed by atoms with E-state index in [1.54, 1.807) is 0 Å². The van der Waals surface area contributed by atoms with Gasteiger partial charge in [0.25, 0.3) is 11.4 Å². The number of hydrogen-bond donors (Lipinski definition) is 0. The molecule has 0 N–H and O–H groups in total. The molecule has 2 aromatic rings. The third-order valence-electron chi connectivity index (χ3n) is 3.47. The lowest BCUT2D eigenvalue weighted by molar-refractivity contribution is -0.385. The number of carbonyl (C=O) groups is 1. The minimum atomic E-state index is -0.608. The third kappa shape index (κ3) is 3.29. The van der Waals surface area contributed by atoms with Crippen molar-refractivity contribution in [3.63, 3.8) is 0 Å². The number of ketones is 1. The summed E-state index contributed by atoms with van der Waals surface area (Å²) in [6.45, 7) is -0.0354. The van der Waals surface area contributed by atoms with Crippen molar-refractivity contribution in [1.29, 1.82) is 0 Å². The fraction of sp³-hybridized carbons (Fsp3) is 0.0625. The average molecular weight is 342 g/mol. The summed E-state index contributed by atoms with van der Waals surface area (Å²) in [5, 5.41) is 21.9. The molecule has 0 atom stereocenters. The highest BCUT2D eigenvalue weighted by atomic mass is 16.7. The van der Waals surface area contributed by atoms with Crippen LogP contribution in [0.2, 0.25) is 0 Å². The number of non-ortho nitro benzene ring substituents is 1. The van der Waals surface area contributed by atoms with Gasteiger partial charge in [-0.1, -0.05) is 12.1 Å². The van der Waals surface area contributed by atoms with E-state index in [0.717, 1.165) is 12.1 Å². The van der Waals surface area contributed by atoms with E-state index in [1.807, 2.05) is 0 Å². The molecule has 25 heavy (non-hydrogen) atoms. The predicted molar refractivity (Wildman–Crippen MR) is 85.7 cm³/mol. The van der Waals surface area contributed by atoms with E-state index >= 15 is 0 Å². The molecule has 1 aliphatic rings. The van der Waals surface area contributed by atoms with Crippen molar-refractivity contribution >= 4 is 23.2 Å². The molecule has 0 bridgehead atoms. The van der Waals surface area contributed by atoms with Crippen LogP contribution in [0.3, 0.4) is 0 Å². The van der Waals surface area contributed by atoms with Crippen molar-refractivity contribution in [2.24, 2.45) is 0 Å². The van der Waals surface area contributed by atoms with Crippen LogP contribution in [-0.4, -0.2) is 22.4 Å². The Morgan fingerprint density at radius 2 is 1.76 bits per heavy atom. The summed E-state index contributed by atoms with van der Waals surface area (Å²) in [4.78, 5) is 32.9. The van der Waals surface area contributed by atoms with E-state index in [4.69, 9.17) is 9.47 Å². The van der Waals surface area contributed by atoms with E-state index in [-0.39, 0.29) is 35.0 Å². The largest absolute Gasteiger partial charge is 0.454 e. The molecule has 1 aliphatic heterocycles. The molecular weight excluding hydrogens is 332 g/mol. The number of nitro benzene ring substituents is 2. The van der Waals surface area contributed by atoms with Crippen LogP contribution in [0.15, 0.2) is 42.5 Å². The zero-order valence-corrected chi connectivity index (χ0v) is 12.6. The average Bonchev–Trinajstić information content (AvgIpc) is 3.06. The Kier molecular flexibility index (Phi) is 4.12. The fourth-order valence-corrected chi connectivity index (χ4v) is 2.27. The Balaban J connectivity index is 1.91. The first kappa shape index (κ1) is 16.1. The normalized spacial score (nSPS) is 12.3.